The Kier molecular flexibility index (Phi) is 4.90. The highest BCUT2D eigenvalue weighted by molar-refractivity contribution is 6.34. The van der Waals surface area contributed by atoms with Crippen LogP contribution < -0.4 is 21.5 Å². The van der Waals surface area contributed by atoms with Crippen molar-refractivity contribution in [2.45, 2.75) is 0 Å². The number of hydrogen-bond acceptors (Lipinski definition) is 4. The van der Waals surface area contributed by atoms with Gasteiger partial charge in [0.15, 0.2) is 0 Å². The van der Waals surface area contributed by atoms with Crippen LogP contribution >= 0.6 is 11.6 Å². The maximum Gasteiger partial charge on any atom is 0.250 e. The number of carbonyl (C=O) groups is 1. The van der Waals surface area contributed by atoms with Crippen molar-refractivity contribution in [2.24, 2.45) is 5.73 Å². The first-order valence-corrected chi connectivity index (χ1v) is 6.76. The Balaban J connectivity index is 1.85. The first-order chi connectivity index (χ1) is 10.1. The maximum absolute atomic E-state index is 11.1. The van der Waals surface area contributed by atoms with Crippen LogP contribution in [-0.2, 0) is 0 Å². The van der Waals surface area contributed by atoms with Gasteiger partial charge in [0.2, 0.25) is 5.91 Å². The summed E-state index contributed by atoms with van der Waals surface area (Å²) in [6.45, 7) is 1.02. The molecule has 0 radical (unpaired) electrons. The Labute approximate surface area is 127 Å². The highest BCUT2D eigenvalue weighted by atomic mass is 35.5. The molecule has 110 valence electrons. The number of ether oxygens (including phenoxy) is 1. The molecule has 0 heterocycles. The molecule has 5 N–H and O–H groups in total. The molecule has 5 nitrogen and oxygen atoms in total. The van der Waals surface area contributed by atoms with Gasteiger partial charge < -0.3 is 21.5 Å². The Morgan fingerprint density at radius 3 is 2.67 bits per heavy atom. The van der Waals surface area contributed by atoms with Gasteiger partial charge in [-0.05, 0) is 30.3 Å². The van der Waals surface area contributed by atoms with Crippen molar-refractivity contribution in [1.29, 1.82) is 0 Å². The lowest BCUT2D eigenvalue weighted by Gasteiger charge is -2.11. The normalized spacial score (nSPS) is 10.1. The van der Waals surface area contributed by atoms with Crippen LogP contribution in [0.1, 0.15) is 10.4 Å². The van der Waals surface area contributed by atoms with Crippen LogP contribution in [0, 0.1) is 0 Å². The van der Waals surface area contributed by atoms with E-state index in [1.165, 1.54) is 0 Å². The Hall–Kier alpha value is -2.40. The number of halogens is 1. The van der Waals surface area contributed by atoms with Crippen molar-refractivity contribution in [3.8, 4) is 5.75 Å². The van der Waals surface area contributed by atoms with Crippen molar-refractivity contribution in [3.63, 3.8) is 0 Å². The van der Waals surface area contributed by atoms with E-state index in [1.807, 2.05) is 18.2 Å². The summed E-state index contributed by atoms with van der Waals surface area (Å²) in [6.07, 6.45) is 0. The van der Waals surface area contributed by atoms with Gasteiger partial charge in [-0.25, -0.2) is 0 Å². The molecule has 0 aliphatic heterocycles. The summed E-state index contributed by atoms with van der Waals surface area (Å²) in [5.74, 6) is 0.107. The second-order valence-corrected chi connectivity index (χ2v) is 4.78. The van der Waals surface area contributed by atoms with Gasteiger partial charge in [-0.3, -0.25) is 4.79 Å². The topological polar surface area (TPSA) is 90.4 Å². The van der Waals surface area contributed by atoms with Crippen LogP contribution in [0.15, 0.2) is 42.5 Å². The van der Waals surface area contributed by atoms with Crippen molar-refractivity contribution < 1.29 is 9.53 Å². The van der Waals surface area contributed by atoms with Crippen molar-refractivity contribution in [1.82, 2.24) is 0 Å². The molecule has 0 saturated heterocycles. The molecular formula is C15H16ClN3O2. The number of amides is 1. The molecule has 6 heteroatoms. The number of para-hydroxylation sites is 2. The molecule has 0 bridgehead atoms. The summed E-state index contributed by atoms with van der Waals surface area (Å²) >= 11 is 5.97. The minimum atomic E-state index is -0.547. The van der Waals surface area contributed by atoms with Gasteiger partial charge in [-0.2, -0.15) is 0 Å². The van der Waals surface area contributed by atoms with Gasteiger partial charge in [0.25, 0.3) is 0 Å². The van der Waals surface area contributed by atoms with E-state index in [9.17, 15) is 4.79 Å². The number of nitrogen functional groups attached to an aromatic ring is 1. The van der Waals surface area contributed by atoms with E-state index >= 15 is 0 Å². The van der Waals surface area contributed by atoms with Crippen LogP contribution in [-0.4, -0.2) is 19.1 Å². The first kappa shape index (κ1) is 15.0. The average Bonchev–Trinajstić information content (AvgIpc) is 2.45. The Morgan fingerprint density at radius 1 is 1.24 bits per heavy atom. The minimum absolute atomic E-state index is 0.301. The summed E-state index contributed by atoms with van der Waals surface area (Å²) in [5, 5.41) is 3.46. The second kappa shape index (κ2) is 6.85. The third-order valence-electron chi connectivity index (χ3n) is 2.84. The molecule has 21 heavy (non-hydrogen) atoms. The molecule has 2 rings (SSSR count). The fourth-order valence-corrected chi connectivity index (χ4v) is 2.07. The van der Waals surface area contributed by atoms with Crippen LogP contribution in [0.4, 0.5) is 11.4 Å². The van der Waals surface area contributed by atoms with Crippen molar-refractivity contribution in [3.05, 3.63) is 53.1 Å². The Bertz CT molecular complexity index is 647. The number of primary amides is 1. The summed E-state index contributed by atoms with van der Waals surface area (Å²) in [4.78, 5) is 11.1. The number of rotatable bonds is 6. The molecule has 0 aliphatic carbocycles. The molecule has 0 unspecified atom stereocenters. The molecule has 0 saturated carbocycles. The third-order valence-corrected chi connectivity index (χ3v) is 3.16. The fourth-order valence-electron chi connectivity index (χ4n) is 1.79. The number of carbonyl (C=O) groups excluding carboxylic acids is 1. The van der Waals surface area contributed by atoms with Gasteiger partial charge in [0.05, 0.1) is 16.3 Å². The van der Waals surface area contributed by atoms with E-state index in [0.717, 1.165) is 5.69 Å². The smallest absolute Gasteiger partial charge is 0.250 e. The molecular weight excluding hydrogens is 290 g/mol. The molecule has 0 fully saturated rings. The van der Waals surface area contributed by atoms with Crippen molar-refractivity contribution in [2.75, 3.05) is 24.2 Å². The van der Waals surface area contributed by atoms with E-state index < -0.39 is 5.91 Å². The molecule has 0 aliphatic rings. The zero-order valence-corrected chi connectivity index (χ0v) is 12.1. The lowest BCUT2D eigenvalue weighted by Crippen LogP contribution is -2.14. The molecule has 0 atom stereocenters. The SMILES string of the molecule is NC(=O)c1ccc(NCCOc2ccccc2N)cc1Cl. The average molecular weight is 306 g/mol. The molecule has 1 amide bonds. The minimum Gasteiger partial charge on any atom is -0.490 e. The Morgan fingerprint density at radius 2 is 2.00 bits per heavy atom. The van der Waals surface area contributed by atoms with Gasteiger partial charge in [-0.1, -0.05) is 23.7 Å². The first-order valence-electron chi connectivity index (χ1n) is 6.38. The molecule has 0 spiro atoms. The summed E-state index contributed by atoms with van der Waals surface area (Å²) in [5.41, 5.74) is 12.7. The van der Waals surface area contributed by atoms with Crippen molar-refractivity contribution >= 4 is 28.9 Å². The van der Waals surface area contributed by atoms with E-state index in [1.54, 1.807) is 24.3 Å². The molecule has 2 aromatic rings. The fraction of sp³-hybridized carbons (Fsp3) is 0.133. The zero-order chi connectivity index (χ0) is 15.2. The summed E-state index contributed by atoms with van der Waals surface area (Å²) < 4.78 is 5.56. The highest BCUT2D eigenvalue weighted by Gasteiger charge is 2.06. The second-order valence-electron chi connectivity index (χ2n) is 4.37. The highest BCUT2D eigenvalue weighted by Crippen LogP contribution is 2.21. The van der Waals surface area contributed by atoms with E-state index in [0.29, 0.717) is 35.2 Å². The third kappa shape index (κ3) is 4.03. The lowest BCUT2D eigenvalue weighted by atomic mass is 10.2. The van der Waals surface area contributed by atoms with Gasteiger partial charge >= 0.3 is 0 Å². The largest absolute Gasteiger partial charge is 0.490 e. The summed E-state index contributed by atoms with van der Waals surface area (Å²) in [7, 11) is 0. The predicted octanol–water partition coefficient (Wildman–Crippen LogP) is 2.51. The van der Waals surface area contributed by atoms with Crippen LogP contribution in [0.2, 0.25) is 5.02 Å². The van der Waals surface area contributed by atoms with Gasteiger partial charge in [0.1, 0.15) is 12.4 Å². The van der Waals surface area contributed by atoms with E-state index in [4.69, 9.17) is 27.8 Å². The van der Waals surface area contributed by atoms with Crippen LogP contribution in [0.3, 0.4) is 0 Å². The van der Waals surface area contributed by atoms with Crippen LogP contribution in [0.25, 0.3) is 0 Å². The predicted molar refractivity (Wildman–Crippen MR) is 84.8 cm³/mol. The van der Waals surface area contributed by atoms with Gasteiger partial charge in [0, 0.05) is 12.2 Å². The number of anilines is 2. The standard InChI is InChI=1S/C15H16ClN3O2/c16-12-9-10(5-6-11(12)15(18)20)19-7-8-21-14-4-2-1-3-13(14)17/h1-6,9,19H,7-8,17H2,(H2,18,20). The molecule has 0 aromatic heterocycles. The van der Waals surface area contributed by atoms with E-state index in [2.05, 4.69) is 5.32 Å². The number of benzene rings is 2. The van der Waals surface area contributed by atoms with Crippen LogP contribution in [0.5, 0.6) is 5.75 Å². The number of nitrogens with two attached hydrogens (primary N) is 2. The maximum atomic E-state index is 11.1. The quantitative estimate of drug-likeness (QED) is 0.565. The summed E-state index contributed by atoms with van der Waals surface area (Å²) in [6, 6.07) is 12.3. The molecule has 2 aromatic carbocycles. The monoisotopic (exact) mass is 305 g/mol. The number of nitrogens with one attached hydrogen (secondary N) is 1. The number of hydrogen-bond donors (Lipinski definition) is 3. The van der Waals surface area contributed by atoms with Gasteiger partial charge in [-0.15, -0.1) is 0 Å². The zero-order valence-electron chi connectivity index (χ0n) is 11.3. The van der Waals surface area contributed by atoms with E-state index in [-0.39, 0.29) is 0 Å². The lowest BCUT2D eigenvalue weighted by molar-refractivity contribution is 0.100.